The number of halogens is 1. The highest BCUT2D eigenvalue weighted by atomic mass is 19.1. The maximum atomic E-state index is 14.0. The SMILES string of the molecule is O=C(COC(=O)C1(c2ccccc2)CCCC1)N1CCN(c2ccccc2F)CC1. The molecule has 5 nitrogen and oxygen atoms in total. The van der Waals surface area contributed by atoms with Crippen LogP contribution >= 0.6 is 0 Å². The zero-order valence-electron chi connectivity index (χ0n) is 17.1. The van der Waals surface area contributed by atoms with Crippen molar-refractivity contribution < 1.29 is 18.7 Å². The van der Waals surface area contributed by atoms with Crippen LogP contribution in [0, 0.1) is 5.82 Å². The number of para-hydroxylation sites is 1. The van der Waals surface area contributed by atoms with Gasteiger partial charge in [-0.3, -0.25) is 9.59 Å². The van der Waals surface area contributed by atoms with Crippen LogP contribution in [0.15, 0.2) is 54.6 Å². The van der Waals surface area contributed by atoms with Gasteiger partial charge in [0.2, 0.25) is 0 Å². The van der Waals surface area contributed by atoms with E-state index in [1.807, 2.05) is 35.2 Å². The minimum absolute atomic E-state index is 0.197. The van der Waals surface area contributed by atoms with Gasteiger partial charge < -0.3 is 14.5 Å². The molecular weight excluding hydrogens is 383 g/mol. The van der Waals surface area contributed by atoms with E-state index in [1.165, 1.54) is 6.07 Å². The Morgan fingerprint density at radius 3 is 2.20 bits per heavy atom. The van der Waals surface area contributed by atoms with Crippen LogP contribution in [0.5, 0.6) is 0 Å². The predicted octanol–water partition coefficient (Wildman–Crippen LogP) is 3.53. The summed E-state index contributed by atoms with van der Waals surface area (Å²) in [6.45, 7) is 1.82. The third-order valence-corrected chi connectivity index (χ3v) is 6.33. The largest absolute Gasteiger partial charge is 0.455 e. The third kappa shape index (κ3) is 4.04. The van der Waals surface area contributed by atoms with Gasteiger partial charge in [0.15, 0.2) is 6.61 Å². The quantitative estimate of drug-likeness (QED) is 0.708. The summed E-state index contributed by atoms with van der Waals surface area (Å²) in [5, 5.41) is 0. The monoisotopic (exact) mass is 410 g/mol. The van der Waals surface area contributed by atoms with E-state index in [-0.39, 0.29) is 24.3 Å². The number of rotatable bonds is 5. The first-order valence-electron chi connectivity index (χ1n) is 10.6. The molecule has 0 bridgehead atoms. The van der Waals surface area contributed by atoms with Gasteiger partial charge in [-0.2, -0.15) is 0 Å². The number of piperazine rings is 1. The number of ether oxygens (including phenoxy) is 1. The Morgan fingerprint density at radius 1 is 0.900 bits per heavy atom. The number of nitrogens with zero attached hydrogens (tertiary/aromatic N) is 2. The van der Waals surface area contributed by atoms with Gasteiger partial charge in [0.05, 0.1) is 11.1 Å². The maximum Gasteiger partial charge on any atom is 0.317 e. The molecule has 30 heavy (non-hydrogen) atoms. The van der Waals surface area contributed by atoms with Crippen molar-refractivity contribution in [2.24, 2.45) is 0 Å². The van der Waals surface area contributed by atoms with Crippen molar-refractivity contribution in [2.75, 3.05) is 37.7 Å². The van der Waals surface area contributed by atoms with Crippen molar-refractivity contribution in [1.82, 2.24) is 4.90 Å². The number of benzene rings is 2. The molecule has 1 heterocycles. The summed E-state index contributed by atoms with van der Waals surface area (Å²) in [6, 6.07) is 16.4. The van der Waals surface area contributed by atoms with Crippen molar-refractivity contribution in [3.63, 3.8) is 0 Å². The lowest BCUT2D eigenvalue weighted by Gasteiger charge is -2.36. The van der Waals surface area contributed by atoms with Gasteiger partial charge in [-0.25, -0.2) is 4.39 Å². The number of hydrogen-bond donors (Lipinski definition) is 0. The van der Waals surface area contributed by atoms with Gasteiger partial charge in [0.25, 0.3) is 5.91 Å². The molecule has 2 aliphatic rings. The van der Waals surface area contributed by atoms with E-state index in [4.69, 9.17) is 4.74 Å². The lowest BCUT2D eigenvalue weighted by Crippen LogP contribution is -2.50. The minimum atomic E-state index is -0.634. The van der Waals surface area contributed by atoms with Gasteiger partial charge >= 0.3 is 5.97 Å². The van der Waals surface area contributed by atoms with Crippen LogP contribution in [0.3, 0.4) is 0 Å². The fraction of sp³-hybridized carbons (Fsp3) is 0.417. The van der Waals surface area contributed by atoms with Gasteiger partial charge in [-0.05, 0) is 30.5 Å². The summed E-state index contributed by atoms with van der Waals surface area (Å²) in [7, 11) is 0. The molecule has 6 heteroatoms. The summed E-state index contributed by atoms with van der Waals surface area (Å²) in [5.74, 6) is -0.753. The van der Waals surface area contributed by atoms with Gasteiger partial charge in [-0.15, -0.1) is 0 Å². The van der Waals surface area contributed by atoms with Crippen LogP contribution in [-0.2, 0) is 19.7 Å². The molecule has 2 aromatic carbocycles. The zero-order valence-corrected chi connectivity index (χ0v) is 17.1. The van der Waals surface area contributed by atoms with Crippen molar-refractivity contribution in [3.05, 3.63) is 66.0 Å². The highest BCUT2D eigenvalue weighted by Crippen LogP contribution is 2.42. The molecule has 1 amide bonds. The first-order valence-corrected chi connectivity index (χ1v) is 10.6. The summed E-state index contributed by atoms with van der Waals surface area (Å²) in [4.78, 5) is 29.2. The van der Waals surface area contributed by atoms with E-state index in [1.54, 1.807) is 23.1 Å². The molecule has 1 aliphatic carbocycles. The van der Waals surface area contributed by atoms with Crippen molar-refractivity contribution in [1.29, 1.82) is 0 Å². The highest BCUT2D eigenvalue weighted by molar-refractivity contribution is 5.87. The van der Waals surface area contributed by atoms with Crippen LogP contribution in [0.25, 0.3) is 0 Å². The predicted molar refractivity (Wildman–Crippen MR) is 113 cm³/mol. The van der Waals surface area contributed by atoms with E-state index >= 15 is 0 Å². The summed E-state index contributed by atoms with van der Waals surface area (Å²) >= 11 is 0. The maximum absolute atomic E-state index is 14.0. The van der Waals surface area contributed by atoms with Crippen LogP contribution in [0.2, 0.25) is 0 Å². The number of amides is 1. The molecule has 158 valence electrons. The van der Waals surface area contributed by atoms with E-state index in [0.717, 1.165) is 31.2 Å². The standard InChI is InChI=1S/C24H27FN2O3/c25-20-10-4-5-11-21(20)26-14-16-27(17-15-26)22(28)18-30-23(29)24(12-6-7-13-24)19-8-2-1-3-9-19/h1-5,8-11H,6-7,12-18H2. The molecule has 2 fully saturated rings. The molecule has 0 radical (unpaired) electrons. The van der Waals surface area contributed by atoms with Crippen LogP contribution in [0.4, 0.5) is 10.1 Å². The molecule has 1 aliphatic heterocycles. The highest BCUT2D eigenvalue weighted by Gasteiger charge is 2.44. The molecule has 1 saturated heterocycles. The Kier molecular flexibility index (Phi) is 6.02. The zero-order chi connectivity index (χ0) is 21.0. The molecule has 1 saturated carbocycles. The molecule has 0 unspecified atom stereocenters. The molecule has 4 rings (SSSR count). The lowest BCUT2D eigenvalue weighted by atomic mass is 9.79. The average molecular weight is 410 g/mol. The first kappa shape index (κ1) is 20.4. The second-order valence-electron chi connectivity index (χ2n) is 8.05. The van der Waals surface area contributed by atoms with Crippen LogP contribution < -0.4 is 4.90 Å². The smallest absolute Gasteiger partial charge is 0.317 e. The van der Waals surface area contributed by atoms with Crippen molar-refractivity contribution in [3.8, 4) is 0 Å². The third-order valence-electron chi connectivity index (χ3n) is 6.33. The molecule has 2 aromatic rings. The van der Waals surface area contributed by atoms with E-state index < -0.39 is 5.41 Å². The minimum Gasteiger partial charge on any atom is -0.455 e. The molecule has 0 aromatic heterocycles. The Labute approximate surface area is 176 Å². The van der Waals surface area contributed by atoms with E-state index in [0.29, 0.717) is 31.9 Å². The van der Waals surface area contributed by atoms with Crippen molar-refractivity contribution >= 4 is 17.6 Å². The first-order chi connectivity index (χ1) is 14.6. The molecule has 0 atom stereocenters. The average Bonchev–Trinajstić information content (AvgIpc) is 3.30. The Bertz CT molecular complexity index is 888. The van der Waals surface area contributed by atoms with Gasteiger partial charge in [0.1, 0.15) is 5.82 Å². The number of carbonyl (C=O) groups is 2. The molecular formula is C24H27FN2O3. The Hall–Kier alpha value is -2.89. The second-order valence-corrected chi connectivity index (χ2v) is 8.05. The second kappa shape index (κ2) is 8.86. The summed E-state index contributed by atoms with van der Waals surface area (Å²) in [6.07, 6.45) is 3.47. The summed E-state index contributed by atoms with van der Waals surface area (Å²) in [5.41, 5.74) is 0.894. The number of anilines is 1. The van der Waals surface area contributed by atoms with Gasteiger partial charge in [0, 0.05) is 26.2 Å². The lowest BCUT2D eigenvalue weighted by molar-refractivity contribution is -0.157. The normalized spacial score (nSPS) is 18.3. The van der Waals surface area contributed by atoms with Gasteiger partial charge in [-0.1, -0.05) is 55.3 Å². The number of carbonyl (C=O) groups excluding carboxylic acids is 2. The van der Waals surface area contributed by atoms with E-state index in [2.05, 4.69) is 0 Å². The molecule has 0 spiro atoms. The Balaban J connectivity index is 1.33. The Morgan fingerprint density at radius 2 is 1.53 bits per heavy atom. The fourth-order valence-corrected chi connectivity index (χ4v) is 4.61. The molecule has 0 N–H and O–H groups in total. The summed E-state index contributed by atoms with van der Waals surface area (Å²) < 4.78 is 19.5. The number of hydrogen-bond acceptors (Lipinski definition) is 4. The fourth-order valence-electron chi connectivity index (χ4n) is 4.61. The van der Waals surface area contributed by atoms with E-state index in [9.17, 15) is 14.0 Å². The van der Waals surface area contributed by atoms with Crippen molar-refractivity contribution in [2.45, 2.75) is 31.1 Å². The van der Waals surface area contributed by atoms with Crippen LogP contribution in [0.1, 0.15) is 31.2 Å². The number of esters is 1. The van der Waals surface area contributed by atoms with Crippen LogP contribution in [-0.4, -0.2) is 49.6 Å². The topological polar surface area (TPSA) is 49.9 Å².